The van der Waals surface area contributed by atoms with Crippen LogP contribution in [-0.2, 0) is 37.3 Å². The van der Waals surface area contributed by atoms with E-state index in [1.165, 1.54) is 45.2 Å². The molecular weight excluding hydrogens is 584 g/mol. The molecule has 0 aliphatic carbocycles. The number of β-lactam (4-membered cyclic amide) rings is 1. The smallest absolute Gasteiger partial charge is 0.480 e. The van der Waals surface area contributed by atoms with Crippen molar-refractivity contribution in [3.8, 4) is 0 Å². The molecule has 2 aliphatic heterocycles. The quantitative estimate of drug-likeness (QED) is 0.126. The van der Waals surface area contributed by atoms with Gasteiger partial charge in [-0.15, -0.1) is 16.9 Å². The summed E-state index contributed by atoms with van der Waals surface area (Å²) in [5.74, 6) is -1.68. The van der Waals surface area contributed by atoms with Gasteiger partial charge in [-0.3, -0.25) is 24.6 Å². The summed E-state index contributed by atoms with van der Waals surface area (Å²) in [7, 11) is 1.66. The van der Waals surface area contributed by atoms with E-state index in [2.05, 4.69) is 26.2 Å². The minimum absolute atomic E-state index is 0.0681. The number of aliphatic carboxylic acids is 1. The third kappa shape index (κ3) is 7.24. The molecule has 41 heavy (non-hydrogen) atoms. The van der Waals surface area contributed by atoms with Gasteiger partial charge in [0.05, 0.1) is 6.42 Å². The number of carboxylic acids is 1. The van der Waals surface area contributed by atoms with Crippen molar-refractivity contribution in [2.24, 2.45) is 12.8 Å². The van der Waals surface area contributed by atoms with Crippen molar-refractivity contribution in [3.05, 3.63) is 41.3 Å². The van der Waals surface area contributed by atoms with Gasteiger partial charge in [-0.25, -0.2) is 14.3 Å². The maximum Gasteiger partial charge on any atom is 0.512 e. The first kappa shape index (κ1) is 29.6. The normalized spacial score (nSPS) is 18.6. The zero-order valence-corrected chi connectivity index (χ0v) is 22.9. The number of tetrazole rings is 1. The van der Waals surface area contributed by atoms with E-state index < -0.39 is 54.1 Å². The number of hydrogen-bond donors (Lipinski definition) is 5. The lowest BCUT2D eigenvalue weighted by molar-refractivity contribution is -0.149. The predicted molar refractivity (Wildman–Crippen MR) is 141 cm³/mol. The van der Waals surface area contributed by atoms with Gasteiger partial charge in [0, 0.05) is 29.8 Å². The van der Waals surface area contributed by atoms with Crippen molar-refractivity contribution in [2.75, 3.05) is 23.4 Å². The van der Waals surface area contributed by atoms with E-state index in [9.17, 15) is 29.1 Å². The Bertz CT molecular complexity index is 1380. The van der Waals surface area contributed by atoms with E-state index in [1.54, 1.807) is 19.2 Å². The van der Waals surface area contributed by atoms with Crippen molar-refractivity contribution < 1.29 is 43.7 Å². The lowest BCUT2D eigenvalue weighted by atomic mass is 10.1. The van der Waals surface area contributed by atoms with Crippen LogP contribution in [0.3, 0.4) is 0 Å². The van der Waals surface area contributed by atoms with Crippen molar-refractivity contribution in [3.63, 3.8) is 0 Å². The number of hydrogen-bond acceptors (Lipinski definition) is 13. The number of fused-ring (bicyclic) bond motifs is 1. The van der Waals surface area contributed by atoms with Crippen LogP contribution in [0.5, 0.6) is 0 Å². The summed E-state index contributed by atoms with van der Waals surface area (Å²) < 4.78 is 11.2. The van der Waals surface area contributed by atoms with Crippen molar-refractivity contribution in [1.29, 1.82) is 0 Å². The number of thioether (sulfide) groups is 2. The van der Waals surface area contributed by atoms with E-state index in [-0.39, 0.29) is 18.1 Å². The summed E-state index contributed by atoms with van der Waals surface area (Å²) in [5, 5.41) is 34.2. The third-order valence-electron chi connectivity index (χ3n) is 5.73. The number of aromatic nitrogens is 4. The Hall–Kier alpha value is -4.36. The minimum atomic E-state index is -1.57. The number of ether oxygens (including phenoxy) is 2. The second-order valence-electron chi connectivity index (χ2n) is 8.65. The Morgan fingerprint density at radius 1 is 1.24 bits per heavy atom. The summed E-state index contributed by atoms with van der Waals surface area (Å²) in [4.78, 5) is 60.7. The van der Waals surface area contributed by atoms with Gasteiger partial charge < -0.3 is 30.7 Å². The number of anilines is 1. The highest BCUT2D eigenvalue weighted by Gasteiger charge is 2.54. The second kappa shape index (κ2) is 12.9. The van der Waals surface area contributed by atoms with Gasteiger partial charge in [0.25, 0.3) is 5.91 Å². The summed E-state index contributed by atoms with van der Waals surface area (Å²) in [6.45, 7) is -0.503. The van der Waals surface area contributed by atoms with Gasteiger partial charge in [-0.1, -0.05) is 23.9 Å². The lowest BCUT2D eigenvalue weighted by Gasteiger charge is -2.49. The largest absolute Gasteiger partial charge is 0.512 e. The van der Waals surface area contributed by atoms with Crippen molar-refractivity contribution >= 4 is 59.2 Å². The Morgan fingerprint density at radius 2 is 1.98 bits per heavy atom. The topological polar surface area (TPSA) is 241 Å². The third-order valence-corrected chi connectivity index (χ3v) is 8.16. The SMILES string of the molecule is Cn1nnnc1SCC1=C(OC(=O)O)N2C(=O)[C@@H](NC(=O)Cc3ccc(NC(=O)OC[C@H](N)C(=O)O)cc3)[C@@H]2SC1. The van der Waals surface area contributed by atoms with Crippen LogP contribution >= 0.6 is 23.5 Å². The van der Waals surface area contributed by atoms with E-state index in [4.69, 9.17) is 20.3 Å². The van der Waals surface area contributed by atoms with Crippen LogP contribution in [0.15, 0.2) is 40.9 Å². The van der Waals surface area contributed by atoms with E-state index in [1.807, 2.05) is 0 Å². The van der Waals surface area contributed by atoms with Crippen LogP contribution in [0.1, 0.15) is 5.56 Å². The number of carbonyl (C=O) groups is 5. The van der Waals surface area contributed by atoms with Crippen LogP contribution in [-0.4, -0.2) is 101 Å². The van der Waals surface area contributed by atoms with Gasteiger partial charge in [0.1, 0.15) is 24.1 Å². The molecule has 1 aromatic carbocycles. The highest BCUT2D eigenvalue weighted by atomic mass is 32.2. The predicted octanol–water partition coefficient (Wildman–Crippen LogP) is -0.189. The zero-order chi connectivity index (χ0) is 29.7. The summed E-state index contributed by atoms with van der Waals surface area (Å²) in [6, 6.07) is 3.99. The van der Waals surface area contributed by atoms with Crippen LogP contribution in [0, 0.1) is 0 Å². The first-order chi connectivity index (χ1) is 19.5. The van der Waals surface area contributed by atoms with Crippen LogP contribution < -0.4 is 16.4 Å². The van der Waals surface area contributed by atoms with E-state index in [0.29, 0.717) is 27.7 Å². The number of carboxylic acid groups (broad SMARTS) is 2. The first-order valence-corrected chi connectivity index (χ1v) is 13.8. The molecule has 1 saturated heterocycles. The van der Waals surface area contributed by atoms with Crippen LogP contribution in [0.25, 0.3) is 0 Å². The number of aryl methyl sites for hydroxylation is 1. The highest BCUT2D eigenvalue weighted by Crippen LogP contribution is 2.41. The van der Waals surface area contributed by atoms with Gasteiger partial charge in [-0.2, -0.15) is 0 Å². The molecule has 0 unspecified atom stereocenters. The molecular formula is C22H24N8O9S2. The summed E-state index contributed by atoms with van der Waals surface area (Å²) >= 11 is 2.62. The zero-order valence-electron chi connectivity index (χ0n) is 21.3. The van der Waals surface area contributed by atoms with Gasteiger partial charge in [0.15, 0.2) is 0 Å². The molecule has 0 bridgehead atoms. The van der Waals surface area contributed by atoms with Crippen LogP contribution in [0.4, 0.5) is 15.3 Å². The number of carbonyl (C=O) groups excluding carboxylic acids is 3. The number of benzene rings is 1. The lowest BCUT2D eigenvalue weighted by Crippen LogP contribution is -2.70. The standard InChI is InChI=1S/C22H24N8O9S2/c1-29-20(26-27-28-29)41-9-11-8-40-18-15(16(32)30(18)17(11)39-22(36)37)25-14(31)6-10-2-4-12(5-3-10)24-21(35)38-7-13(23)19(33)34/h2-5,13,15,18H,6-9,23H2,1H3,(H,24,35)(H,25,31)(H,33,34)(H,36,37)/t13-,15+,18-/m0/s1. The van der Waals surface area contributed by atoms with E-state index in [0.717, 1.165) is 0 Å². The Labute approximate surface area is 239 Å². The number of amides is 3. The fraction of sp³-hybridized carbons (Fsp3) is 0.364. The number of nitrogens with zero attached hydrogens (tertiary/aromatic N) is 5. The average molecular weight is 609 g/mol. The molecule has 0 saturated carbocycles. The molecule has 19 heteroatoms. The number of nitrogens with one attached hydrogen (secondary N) is 2. The Kier molecular flexibility index (Phi) is 9.30. The Balaban J connectivity index is 1.31. The molecule has 6 N–H and O–H groups in total. The summed E-state index contributed by atoms with van der Waals surface area (Å²) in [6.07, 6.45) is -2.52. The monoisotopic (exact) mass is 608 g/mol. The highest BCUT2D eigenvalue weighted by molar-refractivity contribution is 8.01. The average Bonchev–Trinajstić information content (AvgIpc) is 3.34. The minimum Gasteiger partial charge on any atom is -0.480 e. The molecule has 17 nitrogen and oxygen atoms in total. The first-order valence-electron chi connectivity index (χ1n) is 11.8. The van der Waals surface area contributed by atoms with Crippen molar-refractivity contribution in [1.82, 2.24) is 30.4 Å². The van der Waals surface area contributed by atoms with Crippen molar-refractivity contribution in [2.45, 2.75) is 29.0 Å². The number of rotatable bonds is 11. The number of nitrogens with two attached hydrogens (primary N) is 1. The molecule has 3 amide bonds. The van der Waals surface area contributed by atoms with Gasteiger partial charge in [-0.05, 0) is 28.1 Å². The fourth-order valence-electron chi connectivity index (χ4n) is 3.71. The van der Waals surface area contributed by atoms with Gasteiger partial charge >= 0.3 is 18.2 Å². The molecule has 0 spiro atoms. The molecule has 218 valence electrons. The summed E-state index contributed by atoms with van der Waals surface area (Å²) in [5.41, 5.74) is 6.77. The molecule has 2 aromatic rings. The maximum atomic E-state index is 12.9. The molecule has 2 aliphatic rings. The molecule has 0 radical (unpaired) electrons. The second-order valence-corrected chi connectivity index (χ2v) is 10.7. The molecule has 1 fully saturated rings. The fourth-order valence-corrected chi connectivity index (χ4v) is 6.01. The molecule has 3 heterocycles. The van der Waals surface area contributed by atoms with Crippen LogP contribution in [0.2, 0.25) is 0 Å². The van der Waals surface area contributed by atoms with E-state index >= 15 is 0 Å². The molecule has 4 rings (SSSR count). The molecule has 1 aromatic heterocycles. The maximum absolute atomic E-state index is 12.9. The Morgan fingerprint density at radius 3 is 2.61 bits per heavy atom. The molecule has 3 atom stereocenters. The van der Waals surface area contributed by atoms with Gasteiger partial charge in [0.2, 0.25) is 16.9 Å².